The van der Waals surface area contributed by atoms with E-state index in [1.807, 2.05) is 0 Å². The topological polar surface area (TPSA) is 46.5 Å². The van der Waals surface area contributed by atoms with Gasteiger partial charge >= 0.3 is 5.97 Å². The lowest BCUT2D eigenvalue weighted by atomic mass is 10.1. The highest BCUT2D eigenvalue weighted by Crippen LogP contribution is 2.25. The molecular formula is C10H9FO3. The van der Waals surface area contributed by atoms with Crippen LogP contribution >= 0.6 is 0 Å². The first-order chi connectivity index (χ1) is 6.56. The summed E-state index contributed by atoms with van der Waals surface area (Å²) in [7, 11) is 1.38. The van der Waals surface area contributed by atoms with Crippen LogP contribution in [0.2, 0.25) is 0 Å². The van der Waals surface area contributed by atoms with Gasteiger partial charge < -0.3 is 9.84 Å². The van der Waals surface area contributed by atoms with Crippen LogP contribution in [0.15, 0.2) is 24.8 Å². The molecule has 0 aliphatic heterocycles. The van der Waals surface area contributed by atoms with E-state index in [-0.39, 0.29) is 11.1 Å². The highest BCUT2D eigenvalue weighted by Gasteiger charge is 2.13. The van der Waals surface area contributed by atoms with Crippen molar-refractivity contribution in [1.82, 2.24) is 0 Å². The molecule has 0 saturated carbocycles. The summed E-state index contributed by atoms with van der Waals surface area (Å²) in [6.07, 6.45) is 0. The maximum atomic E-state index is 12.8. The molecule has 0 aliphatic carbocycles. The van der Waals surface area contributed by atoms with E-state index in [0.29, 0.717) is 5.75 Å². The largest absolute Gasteiger partial charge is 0.496 e. The number of methoxy groups -OCH3 is 1. The van der Waals surface area contributed by atoms with Crippen LogP contribution in [0.4, 0.5) is 4.39 Å². The van der Waals surface area contributed by atoms with Crippen molar-refractivity contribution in [3.05, 3.63) is 36.2 Å². The van der Waals surface area contributed by atoms with Gasteiger partial charge in [-0.15, -0.1) is 0 Å². The normalized spacial score (nSPS) is 9.57. The van der Waals surface area contributed by atoms with Crippen LogP contribution < -0.4 is 4.74 Å². The van der Waals surface area contributed by atoms with E-state index in [0.717, 1.165) is 6.07 Å². The molecular weight excluding hydrogens is 187 g/mol. The molecule has 0 aliphatic rings. The second kappa shape index (κ2) is 3.91. The second-order valence-corrected chi connectivity index (χ2v) is 2.63. The maximum absolute atomic E-state index is 12.8. The monoisotopic (exact) mass is 196 g/mol. The molecule has 4 heteroatoms. The summed E-state index contributed by atoms with van der Waals surface area (Å²) in [6.45, 7) is 3.33. The molecule has 0 radical (unpaired) electrons. The fraction of sp³-hybridized carbons (Fsp3) is 0.100. The van der Waals surface area contributed by atoms with E-state index in [1.54, 1.807) is 0 Å². The first kappa shape index (κ1) is 10.2. The van der Waals surface area contributed by atoms with E-state index >= 15 is 0 Å². The number of carboxylic acid groups (broad SMARTS) is 1. The lowest BCUT2D eigenvalue weighted by Gasteiger charge is -2.07. The van der Waals surface area contributed by atoms with Crippen LogP contribution in [0.25, 0.3) is 5.57 Å². The third-order valence-corrected chi connectivity index (χ3v) is 1.74. The zero-order chi connectivity index (χ0) is 10.7. The molecule has 0 amide bonds. The molecule has 1 N–H and O–H groups in total. The van der Waals surface area contributed by atoms with Crippen molar-refractivity contribution in [3.8, 4) is 5.75 Å². The van der Waals surface area contributed by atoms with Gasteiger partial charge in [-0.2, -0.15) is 0 Å². The number of benzene rings is 1. The number of halogens is 1. The summed E-state index contributed by atoms with van der Waals surface area (Å²) in [6, 6.07) is 3.63. The number of hydrogen-bond donors (Lipinski definition) is 1. The minimum Gasteiger partial charge on any atom is -0.496 e. The molecule has 0 spiro atoms. The third kappa shape index (κ3) is 1.90. The fourth-order valence-electron chi connectivity index (χ4n) is 1.03. The first-order valence-electron chi connectivity index (χ1n) is 3.82. The number of carbonyl (C=O) groups is 1. The quantitative estimate of drug-likeness (QED) is 0.751. The first-order valence-corrected chi connectivity index (χ1v) is 3.82. The Morgan fingerprint density at radius 3 is 2.71 bits per heavy atom. The van der Waals surface area contributed by atoms with Gasteiger partial charge in [0.25, 0.3) is 0 Å². The van der Waals surface area contributed by atoms with Gasteiger partial charge in [0.1, 0.15) is 11.6 Å². The van der Waals surface area contributed by atoms with Crippen molar-refractivity contribution < 1.29 is 19.0 Å². The summed E-state index contributed by atoms with van der Waals surface area (Å²) < 4.78 is 17.7. The van der Waals surface area contributed by atoms with E-state index in [1.165, 1.54) is 19.2 Å². The smallest absolute Gasteiger partial charge is 0.335 e. The van der Waals surface area contributed by atoms with Crippen molar-refractivity contribution in [2.75, 3.05) is 7.11 Å². The van der Waals surface area contributed by atoms with Gasteiger partial charge in [0, 0.05) is 5.56 Å². The standard InChI is InChI=1S/C10H9FO3/c1-6(10(12)13)8-5-7(11)3-4-9(8)14-2/h3-5H,1H2,2H3,(H,12,13). The summed E-state index contributed by atoms with van der Waals surface area (Å²) in [4.78, 5) is 10.6. The highest BCUT2D eigenvalue weighted by molar-refractivity contribution is 6.15. The molecule has 0 fully saturated rings. The van der Waals surface area contributed by atoms with Gasteiger partial charge in [0.05, 0.1) is 12.7 Å². The van der Waals surface area contributed by atoms with Crippen LogP contribution in [-0.4, -0.2) is 18.2 Å². The van der Waals surface area contributed by atoms with E-state index < -0.39 is 11.8 Å². The minimum atomic E-state index is -1.20. The van der Waals surface area contributed by atoms with Crippen LogP contribution in [0.3, 0.4) is 0 Å². The molecule has 0 heterocycles. The Morgan fingerprint density at radius 2 is 2.21 bits per heavy atom. The van der Waals surface area contributed by atoms with Crippen molar-refractivity contribution in [1.29, 1.82) is 0 Å². The molecule has 1 aromatic rings. The fourth-order valence-corrected chi connectivity index (χ4v) is 1.03. The van der Waals surface area contributed by atoms with Crippen LogP contribution in [0, 0.1) is 5.82 Å². The predicted molar refractivity (Wildman–Crippen MR) is 49.6 cm³/mol. The van der Waals surface area contributed by atoms with Gasteiger partial charge in [-0.1, -0.05) is 6.58 Å². The highest BCUT2D eigenvalue weighted by atomic mass is 19.1. The molecule has 14 heavy (non-hydrogen) atoms. The van der Waals surface area contributed by atoms with Crippen molar-refractivity contribution >= 4 is 11.5 Å². The van der Waals surface area contributed by atoms with E-state index in [2.05, 4.69) is 6.58 Å². The summed E-state index contributed by atoms with van der Waals surface area (Å²) >= 11 is 0. The predicted octanol–water partition coefficient (Wildman–Crippen LogP) is 1.93. The molecule has 0 atom stereocenters. The Labute approximate surface area is 80.4 Å². The minimum absolute atomic E-state index is 0.153. The van der Waals surface area contributed by atoms with Crippen LogP contribution in [-0.2, 0) is 4.79 Å². The zero-order valence-corrected chi connectivity index (χ0v) is 7.58. The number of carboxylic acids is 1. The number of ether oxygens (including phenoxy) is 1. The number of aliphatic carboxylic acids is 1. The Kier molecular flexibility index (Phi) is 2.86. The lowest BCUT2D eigenvalue weighted by Crippen LogP contribution is -2.01. The lowest BCUT2D eigenvalue weighted by molar-refractivity contribution is -0.130. The molecule has 1 aromatic carbocycles. The van der Waals surface area contributed by atoms with Crippen molar-refractivity contribution in [3.63, 3.8) is 0 Å². The summed E-state index contributed by atoms with van der Waals surface area (Å²) in [5.41, 5.74) is -0.0404. The van der Waals surface area contributed by atoms with Crippen molar-refractivity contribution in [2.45, 2.75) is 0 Å². The molecule has 0 unspecified atom stereocenters. The molecule has 0 aromatic heterocycles. The maximum Gasteiger partial charge on any atom is 0.335 e. The SMILES string of the molecule is C=C(C(=O)O)c1cc(F)ccc1OC. The van der Waals surface area contributed by atoms with Crippen LogP contribution in [0.5, 0.6) is 5.75 Å². The van der Waals surface area contributed by atoms with Crippen molar-refractivity contribution in [2.24, 2.45) is 0 Å². The van der Waals surface area contributed by atoms with Gasteiger partial charge in [0.15, 0.2) is 0 Å². The summed E-state index contributed by atoms with van der Waals surface area (Å²) in [5.74, 6) is -1.43. The molecule has 3 nitrogen and oxygen atoms in total. The van der Waals surface area contributed by atoms with Gasteiger partial charge in [0.2, 0.25) is 0 Å². The Bertz CT molecular complexity index is 385. The van der Waals surface area contributed by atoms with E-state index in [4.69, 9.17) is 9.84 Å². The van der Waals surface area contributed by atoms with Gasteiger partial charge in [-0.25, -0.2) is 9.18 Å². The Morgan fingerprint density at radius 1 is 1.57 bits per heavy atom. The van der Waals surface area contributed by atoms with Crippen LogP contribution in [0.1, 0.15) is 5.56 Å². The van der Waals surface area contributed by atoms with Gasteiger partial charge in [-0.3, -0.25) is 0 Å². The molecule has 0 saturated heterocycles. The molecule has 1 rings (SSSR count). The molecule has 0 bridgehead atoms. The Hall–Kier alpha value is -1.84. The summed E-state index contributed by atoms with van der Waals surface area (Å²) in [5, 5.41) is 8.67. The Balaban J connectivity index is 3.23. The average molecular weight is 196 g/mol. The number of hydrogen-bond acceptors (Lipinski definition) is 2. The third-order valence-electron chi connectivity index (χ3n) is 1.74. The molecule has 74 valence electrons. The van der Waals surface area contributed by atoms with Gasteiger partial charge in [-0.05, 0) is 18.2 Å². The van der Waals surface area contributed by atoms with E-state index in [9.17, 15) is 9.18 Å². The zero-order valence-electron chi connectivity index (χ0n) is 7.58. The average Bonchev–Trinajstić information content (AvgIpc) is 2.16. The number of rotatable bonds is 3. The second-order valence-electron chi connectivity index (χ2n) is 2.63.